The minimum Gasteiger partial charge on any atom is -0.310 e. The molecule has 470 valence electrons. The van der Waals surface area contributed by atoms with Crippen molar-refractivity contribution in [2.75, 3.05) is 9.80 Å². The van der Waals surface area contributed by atoms with E-state index in [9.17, 15) is 0 Å². The van der Waals surface area contributed by atoms with E-state index in [2.05, 4.69) is 370 Å². The van der Waals surface area contributed by atoms with Crippen molar-refractivity contribution in [2.24, 2.45) is 0 Å². The van der Waals surface area contributed by atoms with E-state index in [1.165, 1.54) is 131 Å². The predicted octanol–water partition coefficient (Wildman–Crippen LogP) is 25.2. The zero-order chi connectivity index (χ0) is 66.8. The Morgan fingerprint density at radius 2 is 0.535 bits per heavy atom. The maximum atomic E-state index is 2.71. The number of fused-ring (bicyclic) bond motifs is 8. The molecule has 21 rings (SSSR count). The second-order valence-electron chi connectivity index (χ2n) is 29.0. The summed E-state index contributed by atoms with van der Waals surface area (Å²) in [5.74, 6) is 0. The van der Waals surface area contributed by atoms with Gasteiger partial charge in [0.05, 0.1) is 11.4 Å². The summed E-state index contributed by atoms with van der Waals surface area (Å²) in [4.78, 5) is 5.42. The van der Waals surface area contributed by atoms with Gasteiger partial charge < -0.3 is 9.80 Å². The minimum atomic E-state index is -0.301. The molecule has 2 heterocycles. The average molecular weight is 1280 g/mol. The number of benzene rings is 19. The maximum absolute atomic E-state index is 2.71. The van der Waals surface area contributed by atoms with Crippen molar-refractivity contribution in [3.63, 3.8) is 0 Å². The molecular weight excluding hydrogens is 1220 g/mol. The molecule has 101 heavy (non-hydrogen) atoms. The first-order valence-electron chi connectivity index (χ1n) is 35.5. The summed E-state index contributed by atoms with van der Waals surface area (Å²) in [6, 6.07) is 129. The molecule has 0 aromatic heterocycles. The summed E-state index contributed by atoms with van der Waals surface area (Å²) in [6.45, 7) is 6.98. The Morgan fingerprint density at radius 1 is 0.228 bits per heavy atom. The fourth-order valence-corrected chi connectivity index (χ4v) is 17.9. The molecule has 0 radical (unpaired) electrons. The van der Waals surface area contributed by atoms with Crippen LogP contribution < -0.4 is 26.2 Å². The maximum Gasteiger partial charge on any atom is 0.252 e. The molecule has 0 fully saturated rings. The second kappa shape index (κ2) is 22.0. The third kappa shape index (κ3) is 8.66. The van der Waals surface area contributed by atoms with Crippen LogP contribution in [0.25, 0.3) is 153 Å². The molecule has 0 bridgehead atoms. The molecule has 0 saturated heterocycles. The molecular formula is C98H65BN2. The first-order valence-corrected chi connectivity index (χ1v) is 35.5. The summed E-state index contributed by atoms with van der Waals surface area (Å²) in [5, 5.41) is 20.6. The van der Waals surface area contributed by atoms with E-state index in [1.54, 1.807) is 0 Å². The molecule has 2 aliphatic rings. The van der Waals surface area contributed by atoms with Gasteiger partial charge in [0.15, 0.2) is 0 Å². The fourth-order valence-electron chi connectivity index (χ4n) is 17.9. The van der Waals surface area contributed by atoms with Crippen molar-refractivity contribution in [1.29, 1.82) is 0 Å². The highest BCUT2D eigenvalue weighted by Gasteiger charge is 2.46. The van der Waals surface area contributed by atoms with Crippen LogP contribution in [0.1, 0.15) is 26.3 Å². The Balaban J connectivity index is 0.899. The van der Waals surface area contributed by atoms with Gasteiger partial charge in [-0.2, -0.15) is 0 Å². The van der Waals surface area contributed by atoms with Crippen molar-refractivity contribution >= 4 is 143 Å². The quantitative estimate of drug-likeness (QED) is 0.0850. The van der Waals surface area contributed by atoms with Crippen molar-refractivity contribution in [3.8, 4) is 66.8 Å². The number of para-hydroxylation sites is 2. The van der Waals surface area contributed by atoms with Gasteiger partial charge in [-0.15, -0.1) is 0 Å². The normalized spacial score (nSPS) is 12.8. The van der Waals surface area contributed by atoms with Gasteiger partial charge in [0.25, 0.3) is 6.71 Å². The van der Waals surface area contributed by atoms with Crippen LogP contribution in [0.4, 0.5) is 34.1 Å². The molecule has 19 aromatic rings. The fraction of sp³-hybridized carbons (Fsp3) is 0.0408. The molecule has 0 amide bonds. The van der Waals surface area contributed by atoms with Crippen LogP contribution in [0.5, 0.6) is 0 Å². The van der Waals surface area contributed by atoms with Gasteiger partial charge in [-0.25, -0.2) is 0 Å². The number of rotatable bonds is 8. The van der Waals surface area contributed by atoms with E-state index in [0.717, 1.165) is 78.4 Å². The molecule has 0 atom stereocenters. The predicted molar refractivity (Wildman–Crippen MR) is 434 cm³/mol. The van der Waals surface area contributed by atoms with Crippen molar-refractivity contribution in [2.45, 2.75) is 26.2 Å². The zero-order valence-electron chi connectivity index (χ0n) is 56.3. The molecule has 0 spiro atoms. The van der Waals surface area contributed by atoms with Crippen molar-refractivity contribution in [3.05, 3.63) is 345 Å². The summed E-state index contributed by atoms with van der Waals surface area (Å²) in [7, 11) is 0. The topological polar surface area (TPSA) is 6.48 Å². The highest BCUT2D eigenvalue weighted by molar-refractivity contribution is 7.00. The van der Waals surface area contributed by atoms with Crippen LogP contribution >= 0.6 is 0 Å². The Bertz CT molecular complexity index is 6090. The zero-order valence-corrected chi connectivity index (χ0v) is 56.3. The minimum absolute atomic E-state index is 0.202. The molecule has 2 aliphatic heterocycles. The van der Waals surface area contributed by atoms with E-state index in [-0.39, 0.29) is 12.1 Å². The first-order chi connectivity index (χ1) is 49.8. The third-order valence-electron chi connectivity index (χ3n) is 22.4. The van der Waals surface area contributed by atoms with Gasteiger partial charge in [0.1, 0.15) is 0 Å². The van der Waals surface area contributed by atoms with Crippen LogP contribution in [0, 0.1) is 0 Å². The van der Waals surface area contributed by atoms with Crippen LogP contribution in [-0.2, 0) is 5.41 Å². The average Bonchev–Trinajstić information content (AvgIpc) is 0.693. The number of hydrogen-bond donors (Lipinski definition) is 0. The summed E-state index contributed by atoms with van der Waals surface area (Å²) in [5.41, 5.74) is 25.6. The standard InChI is InChI=1S/C98H65BN2/c1-98(2,3)72-58-89-95-90(59-72)101(97-75(62-28-12-6-13-29-62)40-23-41-76(97)63-30-14-7-15-31-63)88-57-67(71-53-69-37-21-45-80-78-43-17-33-65-35-19-47-82(92(65)78)84(55-71)94(69)80)49-51-86(88)99(95)85-50-48-66(70-52-68-36-20-44-79-77-42-16-32-64-34-18-46-81(91(64)77)83(54-70)93(68)79)56-87(85)100(89)96-73(60-24-8-4-9-25-60)38-22-39-74(96)61-26-10-5-11-27-61/h4-59H,1-3H3. The molecule has 19 aromatic carbocycles. The van der Waals surface area contributed by atoms with E-state index >= 15 is 0 Å². The number of hydrogen-bond acceptors (Lipinski definition) is 2. The van der Waals surface area contributed by atoms with Crippen LogP contribution in [0.3, 0.4) is 0 Å². The van der Waals surface area contributed by atoms with Crippen molar-refractivity contribution in [1.82, 2.24) is 0 Å². The Morgan fingerprint density at radius 3 is 0.871 bits per heavy atom. The second-order valence-corrected chi connectivity index (χ2v) is 29.0. The largest absolute Gasteiger partial charge is 0.310 e. The molecule has 0 aliphatic carbocycles. The summed E-state index contributed by atoms with van der Waals surface area (Å²) >= 11 is 0. The molecule has 0 N–H and O–H groups in total. The van der Waals surface area contributed by atoms with E-state index in [1.807, 2.05) is 0 Å². The molecule has 2 nitrogen and oxygen atoms in total. The smallest absolute Gasteiger partial charge is 0.252 e. The third-order valence-corrected chi connectivity index (χ3v) is 22.4. The lowest BCUT2D eigenvalue weighted by Gasteiger charge is -2.46. The summed E-state index contributed by atoms with van der Waals surface area (Å²) in [6.07, 6.45) is 0. The Labute approximate surface area is 587 Å². The molecule has 0 saturated carbocycles. The first kappa shape index (κ1) is 57.5. The molecule has 0 unspecified atom stereocenters. The van der Waals surface area contributed by atoms with Gasteiger partial charge >= 0.3 is 0 Å². The Hall–Kier alpha value is -12.6. The Kier molecular flexibility index (Phi) is 12.5. The van der Waals surface area contributed by atoms with Crippen LogP contribution in [0.15, 0.2) is 340 Å². The van der Waals surface area contributed by atoms with Gasteiger partial charge in [0, 0.05) is 45.0 Å². The van der Waals surface area contributed by atoms with Gasteiger partial charge in [0.2, 0.25) is 0 Å². The van der Waals surface area contributed by atoms with Crippen LogP contribution in [-0.4, -0.2) is 6.71 Å². The van der Waals surface area contributed by atoms with E-state index < -0.39 is 0 Å². The lowest BCUT2D eigenvalue weighted by atomic mass is 9.33. The highest BCUT2D eigenvalue weighted by atomic mass is 15.2. The van der Waals surface area contributed by atoms with E-state index in [4.69, 9.17) is 0 Å². The van der Waals surface area contributed by atoms with Crippen LogP contribution in [0.2, 0.25) is 0 Å². The lowest BCUT2D eigenvalue weighted by molar-refractivity contribution is 0.590. The van der Waals surface area contributed by atoms with Gasteiger partial charge in [-0.3, -0.25) is 0 Å². The summed E-state index contributed by atoms with van der Waals surface area (Å²) < 4.78 is 0. The van der Waals surface area contributed by atoms with Gasteiger partial charge in [-0.1, -0.05) is 312 Å². The SMILES string of the molecule is CC(C)(C)c1cc2c3c(c1)N(c1c(-c4ccccc4)cccc1-c1ccccc1)c1cc(-c4cc5cccc6c7cccc8cccc(c(c4)c56)c87)ccc1B3c1ccc(-c3cc4cccc5c6cccc7cccc(c(c3)c45)c76)cc1N2c1c(-c2ccccc2)cccc1-c1ccccc1. The number of nitrogens with zero attached hydrogens (tertiary/aromatic N) is 2. The van der Waals surface area contributed by atoms with Gasteiger partial charge in [-0.05, 0) is 207 Å². The molecule has 3 heteroatoms. The number of anilines is 6. The monoisotopic (exact) mass is 1280 g/mol. The van der Waals surface area contributed by atoms with Crippen molar-refractivity contribution < 1.29 is 0 Å². The highest BCUT2D eigenvalue weighted by Crippen LogP contribution is 2.55. The lowest BCUT2D eigenvalue weighted by Crippen LogP contribution is -2.61. The van der Waals surface area contributed by atoms with E-state index in [0.29, 0.717) is 0 Å².